The van der Waals surface area contributed by atoms with Gasteiger partial charge in [-0.15, -0.1) is 0 Å². The first-order valence-electron chi connectivity index (χ1n) is 2.25. The zero-order valence-corrected chi connectivity index (χ0v) is 6.36. The SMILES string of the molecule is C1=CC2=[Te](O1)OC=C2. The molecule has 0 atom stereocenters. The molecule has 0 saturated heterocycles. The normalized spacial score (nSPS) is 23.2. The summed E-state index contributed by atoms with van der Waals surface area (Å²) in [7, 11) is 0. The summed E-state index contributed by atoms with van der Waals surface area (Å²) in [6, 6.07) is 0. The Morgan fingerprint density at radius 3 is 2.25 bits per heavy atom. The Labute approximate surface area is 54.6 Å². The molecule has 0 aliphatic carbocycles. The monoisotopic (exact) mass is 226 g/mol. The Balaban J connectivity index is 2.43. The fraction of sp³-hybridized carbons (Fsp3) is 0. The van der Waals surface area contributed by atoms with Crippen LogP contribution in [0.15, 0.2) is 24.7 Å². The molecular weight excluding hydrogens is 220 g/mol. The van der Waals surface area contributed by atoms with Gasteiger partial charge in [0.2, 0.25) is 0 Å². The van der Waals surface area contributed by atoms with Crippen molar-refractivity contribution in [3.8, 4) is 0 Å². The van der Waals surface area contributed by atoms with Crippen molar-refractivity contribution in [2.24, 2.45) is 0 Å². The predicted molar refractivity (Wildman–Crippen MR) is 31.2 cm³/mol. The van der Waals surface area contributed by atoms with E-state index in [1.807, 2.05) is 12.2 Å². The molecule has 2 aliphatic heterocycles. The van der Waals surface area contributed by atoms with E-state index >= 15 is 0 Å². The van der Waals surface area contributed by atoms with Crippen molar-refractivity contribution in [1.29, 1.82) is 0 Å². The second-order valence-electron chi connectivity index (χ2n) is 1.44. The number of hydrogen-bond acceptors (Lipinski definition) is 2. The van der Waals surface area contributed by atoms with Gasteiger partial charge in [-0.25, -0.2) is 0 Å². The van der Waals surface area contributed by atoms with Crippen molar-refractivity contribution >= 4 is 23.5 Å². The van der Waals surface area contributed by atoms with Gasteiger partial charge < -0.3 is 0 Å². The molecule has 42 valence electrons. The van der Waals surface area contributed by atoms with E-state index in [2.05, 4.69) is 0 Å². The third-order valence-corrected chi connectivity index (χ3v) is 4.45. The van der Waals surface area contributed by atoms with E-state index < -0.39 is 19.9 Å². The summed E-state index contributed by atoms with van der Waals surface area (Å²) < 4.78 is 11.6. The van der Waals surface area contributed by atoms with Crippen LogP contribution >= 0.6 is 0 Å². The van der Waals surface area contributed by atoms with Crippen LogP contribution in [-0.2, 0) is 6.20 Å². The average Bonchev–Trinajstić information content (AvgIpc) is 2.15. The maximum atomic E-state index is 5.14. The summed E-state index contributed by atoms with van der Waals surface area (Å²) in [6.07, 6.45) is 7.38. The van der Waals surface area contributed by atoms with Crippen LogP contribution in [0.5, 0.6) is 0 Å². The van der Waals surface area contributed by atoms with Crippen LogP contribution < -0.4 is 0 Å². The van der Waals surface area contributed by atoms with E-state index in [-0.39, 0.29) is 0 Å². The van der Waals surface area contributed by atoms with Crippen molar-refractivity contribution in [2.45, 2.75) is 0 Å². The van der Waals surface area contributed by atoms with Crippen LogP contribution in [0, 0.1) is 0 Å². The quantitative estimate of drug-likeness (QED) is 0.551. The maximum absolute atomic E-state index is 5.14. The van der Waals surface area contributed by atoms with Crippen LogP contribution in [0.25, 0.3) is 0 Å². The van der Waals surface area contributed by atoms with Crippen molar-refractivity contribution in [3.05, 3.63) is 24.7 Å². The Morgan fingerprint density at radius 1 is 1.12 bits per heavy atom. The molecule has 2 aliphatic rings. The molecule has 0 unspecified atom stereocenters. The minimum absolute atomic E-state index is 1.27. The Kier molecular flexibility index (Phi) is 0.927. The first-order chi connectivity index (χ1) is 3.97. The molecule has 0 aromatic carbocycles. The van der Waals surface area contributed by atoms with Gasteiger partial charge in [0.1, 0.15) is 0 Å². The zero-order valence-electron chi connectivity index (χ0n) is 4.03. The van der Waals surface area contributed by atoms with Crippen molar-refractivity contribution in [1.82, 2.24) is 0 Å². The van der Waals surface area contributed by atoms with Crippen LogP contribution in [0.2, 0.25) is 0 Å². The first kappa shape index (κ1) is 4.60. The van der Waals surface area contributed by atoms with Crippen LogP contribution in [0.1, 0.15) is 0 Å². The second kappa shape index (κ2) is 1.61. The summed E-state index contributed by atoms with van der Waals surface area (Å²) in [5, 5.41) is 0. The van der Waals surface area contributed by atoms with Gasteiger partial charge in [0.05, 0.1) is 0 Å². The molecule has 0 bridgehead atoms. The van der Waals surface area contributed by atoms with Gasteiger partial charge in [-0.2, -0.15) is 0 Å². The Morgan fingerprint density at radius 2 is 1.75 bits per heavy atom. The van der Waals surface area contributed by atoms with Crippen LogP contribution in [-0.4, -0.2) is 23.5 Å². The van der Waals surface area contributed by atoms with E-state index in [0.717, 1.165) is 0 Å². The number of rotatable bonds is 0. The van der Waals surface area contributed by atoms with Gasteiger partial charge in [-0.3, -0.25) is 0 Å². The van der Waals surface area contributed by atoms with Gasteiger partial charge in [0, 0.05) is 0 Å². The van der Waals surface area contributed by atoms with Gasteiger partial charge in [0.15, 0.2) is 0 Å². The van der Waals surface area contributed by atoms with Crippen molar-refractivity contribution in [3.63, 3.8) is 0 Å². The standard InChI is InChI=1S/C5H4O2Te/c1-3-6-8-5(1)2-4-7-8/h1-4H. The molecule has 0 spiro atoms. The van der Waals surface area contributed by atoms with Gasteiger partial charge in [-0.1, -0.05) is 0 Å². The molecular formula is C5H4O2Te. The fourth-order valence-corrected chi connectivity index (χ4v) is 3.20. The molecule has 0 aromatic heterocycles. The van der Waals surface area contributed by atoms with E-state index in [1.54, 1.807) is 12.5 Å². The van der Waals surface area contributed by atoms with E-state index in [1.165, 1.54) is 3.55 Å². The molecule has 2 nitrogen and oxygen atoms in total. The van der Waals surface area contributed by atoms with Crippen LogP contribution in [0.3, 0.4) is 0 Å². The summed E-state index contributed by atoms with van der Waals surface area (Å²) in [4.78, 5) is 0. The summed E-state index contributed by atoms with van der Waals surface area (Å²) in [5.41, 5.74) is 0. The van der Waals surface area contributed by atoms with Gasteiger partial charge in [-0.05, 0) is 0 Å². The molecule has 8 heavy (non-hydrogen) atoms. The van der Waals surface area contributed by atoms with Crippen molar-refractivity contribution < 1.29 is 6.20 Å². The molecule has 2 rings (SSSR count). The molecule has 0 fully saturated rings. The van der Waals surface area contributed by atoms with Gasteiger partial charge >= 0.3 is 54.3 Å². The Bertz CT molecular complexity index is 182. The summed E-state index contributed by atoms with van der Waals surface area (Å²) >= 11 is -1.62. The minimum atomic E-state index is -1.62. The molecule has 0 radical (unpaired) electrons. The molecule has 3 heteroatoms. The average molecular weight is 224 g/mol. The zero-order chi connectivity index (χ0) is 5.40. The molecule has 0 saturated carbocycles. The van der Waals surface area contributed by atoms with E-state index in [0.29, 0.717) is 0 Å². The second-order valence-corrected chi connectivity index (χ2v) is 5.22. The van der Waals surface area contributed by atoms with E-state index in [4.69, 9.17) is 6.20 Å². The van der Waals surface area contributed by atoms with Crippen LogP contribution in [0.4, 0.5) is 0 Å². The Hall–Kier alpha value is -0.260. The van der Waals surface area contributed by atoms with Gasteiger partial charge in [0.25, 0.3) is 0 Å². The molecule has 0 aromatic rings. The molecule has 2 heterocycles. The predicted octanol–water partition coefficient (Wildman–Crippen LogP) is 0.316. The molecule has 0 N–H and O–H groups in total. The van der Waals surface area contributed by atoms with Crippen molar-refractivity contribution in [2.75, 3.05) is 0 Å². The third kappa shape index (κ3) is 0.520. The van der Waals surface area contributed by atoms with E-state index in [9.17, 15) is 0 Å². The summed E-state index contributed by atoms with van der Waals surface area (Å²) in [6.45, 7) is 0. The fourth-order valence-electron chi connectivity index (χ4n) is 0.591. The first-order valence-corrected chi connectivity index (χ1v) is 5.32. The third-order valence-electron chi connectivity index (χ3n) is 0.943. The molecule has 0 amide bonds. The topological polar surface area (TPSA) is 18.5 Å². The number of hydrogen-bond donors (Lipinski definition) is 0. The number of allylic oxidation sites excluding steroid dienone is 2. The summed E-state index contributed by atoms with van der Waals surface area (Å²) in [5.74, 6) is 0.